The zero-order valence-electron chi connectivity index (χ0n) is 14.3. The van der Waals surface area contributed by atoms with Crippen LogP contribution in [0.5, 0.6) is 0 Å². The fourth-order valence-corrected chi connectivity index (χ4v) is 2.28. The summed E-state index contributed by atoms with van der Waals surface area (Å²) in [6.07, 6.45) is 0. The van der Waals surface area contributed by atoms with Crippen molar-refractivity contribution in [1.29, 1.82) is 0 Å². The lowest BCUT2D eigenvalue weighted by molar-refractivity contribution is -0.121. The third kappa shape index (κ3) is 6.71. The third-order valence-corrected chi connectivity index (χ3v) is 3.73. The summed E-state index contributed by atoms with van der Waals surface area (Å²) in [4.78, 5) is 16.3. The van der Waals surface area contributed by atoms with Gasteiger partial charge in [-0.1, -0.05) is 23.2 Å². The van der Waals surface area contributed by atoms with E-state index in [0.717, 1.165) is 5.69 Å². The average Bonchev–Trinajstić information content (AvgIpc) is 2.67. The van der Waals surface area contributed by atoms with Gasteiger partial charge in [0.15, 0.2) is 5.96 Å². The number of hydrogen-bond acceptors (Lipinski definition) is 2. The Morgan fingerprint density at radius 3 is 2.43 bits per heavy atom. The minimum absolute atomic E-state index is 0.0898. The van der Waals surface area contributed by atoms with E-state index < -0.39 is 0 Å². The first-order valence-electron chi connectivity index (χ1n) is 7.47. The maximum Gasteiger partial charge on any atom is 0.239 e. The molecule has 1 aromatic rings. The van der Waals surface area contributed by atoms with Gasteiger partial charge in [-0.3, -0.25) is 4.79 Å². The van der Waals surface area contributed by atoms with Crippen LogP contribution in [-0.4, -0.2) is 35.1 Å². The van der Waals surface area contributed by atoms with E-state index in [9.17, 15) is 4.79 Å². The quantitative estimate of drug-likeness (QED) is 0.556. The number of nitrogens with zero attached hydrogens (tertiary/aromatic N) is 2. The predicted octanol–water partition coefficient (Wildman–Crippen LogP) is 2.30. The summed E-state index contributed by atoms with van der Waals surface area (Å²) in [5.41, 5.74) is 0.626. The van der Waals surface area contributed by atoms with Crippen LogP contribution in [0.15, 0.2) is 11.1 Å². The lowest BCUT2D eigenvalue weighted by Gasteiger charge is -2.21. The second kappa shape index (κ2) is 8.45. The van der Waals surface area contributed by atoms with Gasteiger partial charge in [-0.25, -0.2) is 4.99 Å². The number of amides is 1. The van der Waals surface area contributed by atoms with Gasteiger partial charge in [-0.15, -0.1) is 0 Å². The Balaban J connectivity index is 2.66. The number of nitrogens with one attached hydrogen (secondary N) is 3. The van der Waals surface area contributed by atoms with Crippen LogP contribution in [-0.2, 0) is 18.4 Å². The summed E-state index contributed by atoms with van der Waals surface area (Å²) >= 11 is 12.0. The molecule has 0 bridgehead atoms. The Morgan fingerprint density at radius 2 is 1.96 bits per heavy atom. The molecule has 0 fully saturated rings. The summed E-state index contributed by atoms with van der Waals surface area (Å²) in [6, 6.07) is 1.78. The summed E-state index contributed by atoms with van der Waals surface area (Å²) < 4.78 is 1.78. The van der Waals surface area contributed by atoms with E-state index in [1.807, 2.05) is 34.7 Å². The Kier molecular flexibility index (Phi) is 7.22. The van der Waals surface area contributed by atoms with E-state index in [-0.39, 0.29) is 18.0 Å². The molecule has 1 aromatic heterocycles. The zero-order valence-corrected chi connectivity index (χ0v) is 15.8. The van der Waals surface area contributed by atoms with Crippen LogP contribution in [0, 0.1) is 0 Å². The molecule has 1 rings (SSSR count). The molecule has 0 atom stereocenters. The van der Waals surface area contributed by atoms with Crippen LogP contribution in [0.3, 0.4) is 0 Å². The number of guanidine groups is 1. The van der Waals surface area contributed by atoms with Gasteiger partial charge in [0.05, 0.1) is 18.1 Å². The van der Waals surface area contributed by atoms with E-state index in [1.54, 1.807) is 10.6 Å². The zero-order chi connectivity index (χ0) is 17.6. The van der Waals surface area contributed by atoms with E-state index in [4.69, 9.17) is 23.2 Å². The highest BCUT2D eigenvalue weighted by atomic mass is 35.5. The topological polar surface area (TPSA) is 70.5 Å². The molecule has 0 aliphatic rings. The minimum Gasteiger partial charge on any atom is -0.357 e. The van der Waals surface area contributed by atoms with Gasteiger partial charge in [0, 0.05) is 24.8 Å². The molecule has 0 saturated carbocycles. The highest BCUT2D eigenvalue weighted by Gasteiger charge is 2.14. The molecule has 0 radical (unpaired) electrons. The second-order valence-corrected chi connectivity index (χ2v) is 6.95. The molecule has 130 valence electrons. The molecule has 0 unspecified atom stereocenters. The van der Waals surface area contributed by atoms with Crippen LogP contribution >= 0.6 is 23.2 Å². The Labute approximate surface area is 147 Å². The van der Waals surface area contributed by atoms with Crippen LogP contribution in [0.1, 0.15) is 33.4 Å². The van der Waals surface area contributed by atoms with Gasteiger partial charge in [0.2, 0.25) is 5.91 Å². The standard InChI is InChI=1S/C15H25Cl2N5O/c1-6-18-14(20-9-12(23)21-15(2,3)4)19-8-10-7-11(16)13(17)22(10)5/h7H,6,8-9H2,1-5H3,(H,21,23)(H2,18,19,20). The highest BCUT2D eigenvalue weighted by Crippen LogP contribution is 2.25. The lowest BCUT2D eigenvalue weighted by Crippen LogP contribution is -2.48. The smallest absolute Gasteiger partial charge is 0.239 e. The van der Waals surface area contributed by atoms with Crippen molar-refractivity contribution in [3.05, 3.63) is 21.9 Å². The first kappa shape index (κ1) is 19.6. The van der Waals surface area contributed by atoms with Crippen molar-refractivity contribution in [3.8, 4) is 0 Å². The third-order valence-electron chi connectivity index (χ3n) is 2.89. The molecular formula is C15H25Cl2N5O. The Morgan fingerprint density at radius 1 is 1.30 bits per heavy atom. The monoisotopic (exact) mass is 361 g/mol. The predicted molar refractivity (Wildman–Crippen MR) is 96.1 cm³/mol. The summed E-state index contributed by atoms with van der Waals surface area (Å²) in [5, 5.41) is 9.98. The molecule has 8 heteroatoms. The van der Waals surface area contributed by atoms with Crippen LogP contribution in [0.4, 0.5) is 0 Å². The molecular weight excluding hydrogens is 337 g/mol. The van der Waals surface area contributed by atoms with Crippen molar-refractivity contribution < 1.29 is 4.79 Å². The van der Waals surface area contributed by atoms with E-state index in [0.29, 0.717) is 29.2 Å². The fourth-order valence-electron chi connectivity index (χ4n) is 1.87. The molecule has 1 amide bonds. The maximum atomic E-state index is 11.8. The minimum atomic E-state index is -0.259. The first-order chi connectivity index (χ1) is 10.6. The van der Waals surface area contributed by atoms with Gasteiger partial charge in [-0.05, 0) is 33.8 Å². The van der Waals surface area contributed by atoms with Crippen molar-refractivity contribution in [1.82, 2.24) is 20.5 Å². The molecule has 3 N–H and O–H groups in total. The molecule has 1 heterocycles. The van der Waals surface area contributed by atoms with Crippen LogP contribution in [0.2, 0.25) is 10.2 Å². The molecule has 0 saturated heterocycles. The SMILES string of the molecule is CCNC(=NCc1cc(Cl)c(Cl)n1C)NCC(=O)NC(C)(C)C. The Hall–Kier alpha value is -1.40. The van der Waals surface area contributed by atoms with Gasteiger partial charge in [0.25, 0.3) is 0 Å². The number of aromatic nitrogens is 1. The first-order valence-corrected chi connectivity index (χ1v) is 8.22. The molecule has 6 nitrogen and oxygen atoms in total. The van der Waals surface area contributed by atoms with Crippen LogP contribution < -0.4 is 16.0 Å². The van der Waals surface area contributed by atoms with Gasteiger partial charge in [0.1, 0.15) is 5.15 Å². The van der Waals surface area contributed by atoms with Crippen molar-refractivity contribution in [3.63, 3.8) is 0 Å². The fraction of sp³-hybridized carbons (Fsp3) is 0.600. The molecule has 0 aromatic carbocycles. The summed E-state index contributed by atoms with van der Waals surface area (Å²) in [6.45, 7) is 9.02. The number of carbonyl (C=O) groups is 1. The van der Waals surface area contributed by atoms with Crippen molar-refractivity contribution in [2.75, 3.05) is 13.1 Å². The number of carbonyl (C=O) groups excluding carboxylic acids is 1. The number of rotatable bonds is 5. The Bertz CT molecular complexity index is 575. The normalized spacial score (nSPS) is 12.2. The van der Waals surface area contributed by atoms with Crippen molar-refractivity contribution in [2.45, 2.75) is 39.8 Å². The average molecular weight is 362 g/mol. The van der Waals surface area contributed by atoms with Gasteiger partial charge in [-0.2, -0.15) is 0 Å². The number of aliphatic imine (C=N–C) groups is 1. The van der Waals surface area contributed by atoms with E-state index >= 15 is 0 Å². The van der Waals surface area contributed by atoms with Crippen molar-refractivity contribution >= 4 is 35.1 Å². The largest absolute Gasteiger partial charge is 0.357 e. The van der Waals surface area contributed by atoms with E-state index in [1.165, 1.54) is 0 Å². The van der Waals surface area contributed by atoms with Crippen molar-refractivity contribution in [2.24, 2.45) is 12.0 Å². The second-order valence-electron chi connectivity index (χ2n) is 6.18. The highest BCUT2D eigenvalue weighted by molar-refractivity contribution is 6.41. The summed E-state index contributed by atoms with van der Waals surface area (Å²) in [5.74, 6) is 0.470. The van der Waals surface area contributed by atoms with Crippen LogP contribution in [0.25, 0.3) is 0 Å². The summed E-state index contributed by atoms with van der Waals surface area (Å²) in [7, 11) is 1.83. The number of hydrogen-bond donors (Lipinski definition) is 3. The van der Waals surface area contributed by atoms with E-state index in [2.05, 4.69) is 20.9 Å². The maximum absolute atomic E-state index is 11.8. The molecule has 0 aliphatic heterocycles. The van der Waals surface area contributed by atoms with Gasteiger partial charge >= 0.3 is 0 Å². The molecule has 0 aliphatic carbocycles. The van der Waals surface area contributed by atoms with Gasteiger partial charge < -0.3 is 20.5 Å². The molecule has 0 spiro atoms. The number of halogens is 2. The lowest BCUT2D eigenvalue weighted by atomic mass is 10.1. The molecule has 23 heavy (non-hydrogen) atoms.